The highest BCUT2D eigenvalue weighted by atomic mass is 16.2. The van der Waals surface area contributed by atoms with Crippen LogP contribution in [0.3, 0.4) is 0 Å². The number of aromatic nitrogens is 2. The Kier molecular flexibility index (Phi) is 3.51. The van der Waals surface area contributed by atoms with Crippen LogP contribution in [-0.2, 0) is 19.9 Å². The Bertz CT molecular complexity index is 677. The molecule has 2 unspecified atom stereocenters. The molecular weight excluding hydrogens is 264 g/mol. The number of carbonyl (C=O) groups excluding carboxylic acids is 1. The molecule has 5 nitrogen and oxygen atoms in total. The maximum Gasteiger partial charge on any atom is 0.270 e. The maximum absolute atomic E-state index is 12.5. The van der Waals surface area contributed by atoms with Crippen LogP contribution in [0, 0.1) is 0 Å². The first-order valence-corrected chi connectivity index (χ1v) is 7.27. The molecule has 3 N–H and O–H groups in total. The van der Waals surface area contributed by atoms with Gasteiger partial charge in [0, 0.05) is 13.1 Å². The van der Waals surface area contributed by atoms with E-state index in [1.54, 1.807) is 11.7 Å². The molecule has 1 amide bonds. The molecule has 1 aromatic heterocycles. The van der Waals surface area contributed by atoms with E-state index in [4.69, 9.17) is 5.73 Å². The number of nitrogens with two attached hydrogens (primary N) is 1. The van der Waals surface area contributed by atoms with Crippen LogP contribution in [0.5, 0.6) is 0 Å². The average molecular weight is 284 g/mol. The molecule has 21 heavy (non-hydrogen) atoms. The van der Waals surface area contributed by atoms with Crippen LogP contribution in [0.15, 0.2) is 30.3 Å². The number of hydrogen-bond donors (Lipinski definition) is 2. The van der Waals surface area contributed by atoms with Crippen LogP contribution in [0.25, 0.3) is 0 Å². The third-order valence-corrected chi connectivity index (χ3v) is 4.09. The minimum absolute atomic E-state index is 0.0785. The summed E-state index contributed by atoms with van der Waals surface area (Å²) >= 11 is 0. The van der Waals surface area contributed by atoms with Gasteiger partial charge in [-0.15, -0.1) is 0 Å². The van der Waals surface area contributed by atoms with E-state index in [9.17, 15) is 4.79 Å². The number of nitrogens with zero attached hydrogens (tertiary/aromatic N) is 2. The Labute approximate surface area is 124 Å². The molecule has 0 spiro atoms. The molecular formula is C16H20N4O. The van der Waals surface area contributed by atoms with Crippen LogP contribution in [-0.4, -0.2) is 21.7 Å². The molecule has 0 saturated carbocycles. The molecule has 0 bridgehead atoms. The first-order chi connectivity index (χ1) is 10.1. The molecule has 0 radical (unpaired) electrons. The van der Waals surface area contributed by atoms with Gasteiger partial charge >= 0.3 is 0 Å². The van der Waals surface area contributed by atoms with Gasteiger partial charge in [0.15, 0.2) is 0 Å². The number of nitrogens with one attached hydrogen (secondary N) is 1. The standard InChI is InChI=1S/C16H20N4O/c1-3-11-9-14(20(2)19-11)16(21)18-15-12-7-5-4-6-10(12)8-13(15)17/h4-7,9,13,15H,3,8,17H2,1-2H3,(H,18,21). The Morgan fingerprint density at radius 1 is 1.48 bits per heavy atom. The second-order valence-electron chi connectivity index (χ2n) is 5.52. The number of hydrogen-bond acceptors (Lipinski definition) is 3. The average Bonchev–Trinajstić information content (AvgIpc) is 3.00. The predicted molar refractivity (Wildman–Crippen MR) is 80.9 cm³/mol. The Hall–Kier alpha value is -2.14. The van der Waals surface area contributed by atoms with Crippen LogP contribution in [0.4, 0.5) is 0 Å². The molecule has 1 heterocycles. The number of carbonyl (C=O) groups is 1. The largest absolute Gasteiger partial charge is 0.342 e. The summed E-state index contributed by atoms with van der Waals surface area (Å²) in [5, 5.41) is 7.37. The van der Waals surface area contributed by atoms with Crippen molar-refractivity contribution in [2.45, 2.75) is 31.8 Å². The van der Waals surface area contributed by atoms with E-state index in [2.05, 4.69) is 16.5 Å². The van der Waals surface area contributed by atoms with Gasteiger partial charge in [-0.05, 0) is 30.0 Å². The van der Waals surface area contributed by atoms with Gasteiger partial charge in [-0.1, -0.05) is 31.2 Å². The van der Waals surface area contributed by atoms with Crippen LogP contribution in [0.2, 0.25) is 0 Å². The molecule has 1 aromatic carbocycles. The minimum Gasteiger partial charge on any atom is -0.342 e. The second-order valence-corrected chi connectivity index (χ2v) is 5.52. The Balaban J connectivity index is 1.83. The van der Waals surface area contributed by atoms with Crippen LogP contribution < -0.4 is 11.1 Å². The van der Waals surface area contributed by atoms with Crippen molar-refractivity contribution < 1.29 is 4.79 Å². The highest BCUT2D eigenvalue weighted by Gasteiger charge is 2.31. The van der Waals surface area contributed by atoms with Gasteiger partial charge in [0.1, 0.15) is 5.69 Å². The molecule has 1 aliphatic carbocycles. The van der Waals surface area contributed by atoms with Crippen LogP contribution >= 0.6 is 0 Å². The number of aryl methyl sites for hydroxylation is 2. The monoisotopic (exact) mass is 284 g/mol. The fourth-order valence-electron chi connectivity index (χ4n) is 2.94. The van der Waals surface area contributed by atoms with Crippen LogP contribution in [0.1, 0.15) is 40.3 Å². The Morgan fingerprint density at radius 3 is 2.95 bits per heavy atom. The van der Waals surface area contributed by atoms with Gasteiger partial charge in [0.2, 0.25) is 0 Å². The van der Waals surface area contributed by atoms with E-state index in [0.717, 1.165) is 24.1 Å². The van der Waals surface area contributed by atoms with Gasteiger partial charge < -0.3 is 11.1 Å². The lowest BCUT2D eigenvalue weighted by molar-refractivity contribution is 0.0923. The van der Waals surface area contributed by atoms with Crippen molar-refractivity contribution >= 4 is 5.91 Å². The summed E-state index contributed by atoms with van der Waals surface area (Å²) in [7, 11) is 1.79. The Morgan fingerprint density at radius 2 is 2.24 bits per heavy atom. The van der Waals surface area contributed by atoms with Gasteiger partial charge in [-0.3, -0.25) is 9.48 Å². The summed E-state index contributed by atoms with van der Waals surface area (Å²) in [6.45, 7) is 2.02. The molecule has 0 saturated heterocycles. The quantitative estimate of drug-likeness (QED) is 0.893. The van der Waals surface area contributed by atoms with Gasteiger partial charge in [0.05, 0.1) is 11.7 Å². The van der Waals surface area contributed by atoms with E-state index in [-0.39, 0.29) is 18.0 Å². The maximum atomic E-state index is 12.5. The number of fused-ring (bicyclic) bond motifs is 1. The fraction of sp³-hybridized carbons (Fsp3) is 0.375. The first-order valence-electron chi connectivity index (χ1n) is 7.27. The lowest BCUT2D eigenvalue weighted by atomic mass is 10.1. The summed E-state index contributed by atoms with van der Waals surface area (Å²) in [5.41, 5.74) is 10.0. The van der Waals surface area contributed by atoms with E-state index in [1.165, 1.54) is 5.56 Å². The van der Waals surface area contributed by atoms with E-state index in [0.29, 0.717) is 5.69 Å². The summed E-state index contributed by atoms with van der Waals surface area (Å²) < 4.78 is 1.63. The summed E-state index contributed by atoms with van der Waals surface area (Å²) in [6, 6.07) is 9.72. The van der Waals surface area contributed by atoms with Crippen molar-refractivity contribution in [1.82, 2.24) is 15.1 Å². The molecule has 2 aromatic rings. The SMILES string of the molecule is CCc1cc(C(=O)NC2c3ccccc3CC2N)n(C)n1. The zero-order chi connectivity index (χ0) is 15.0. The third-order valence-electron chi connectivity index (χ3n) is 4.09. The molecule has 5 heteroatoms. The van der Waals surface area contributed by atoms with Crippen molar-refractivity contribution in [1.29, 1.82) is 0 Å². The van der Waals surface area contributed by atoms with E-state index < -0.39 is 0 Å². The molecule has 1 aliphatic rings. The molecule has 2 atom stereocenters. The predicted octanol–water partition coefficient (Wildman–Crippen LogP) is 1.34. The lowest BCUT2D eigenvalue weighted by Crippen LogP contribution is -2.39. The zero-order valence-corrected chi connectivity index (χ0v) is 12.3. The van der Waals surface area contributed by atoms with E-state index >= 15 is 0 Å². The highest BCUT2D eigenvalue weighted by molar-refractivity contribution is 5.93. The minimum atomic E-state index is -0.131. The first kappa shape index (κ1) is 13.8. The second kappa shape index (κ2) is 5.33. The van der Waals surface area contributed by atoms with Gasteiger partial charge in [-0.25, -0.2) is 0 Å². The molecule has 0 fully saturated rings. The summed E-state index contributed by atoms with van der Waals surface area (Å²) in [4.78, 5) is 12.5. The normalized spacial score (nSPS) is 20.3. The zero-order valence-electron chi connectivity index (χ0n) is 12.3. The van der Waals surface area contributed by atoms with Crippen molar-refractivity contribution in [2.75, 3.05) is 0 Å². The van der Waals surface area contributed by atoms with Crippen molar-refractivity contribution in [3.63, 3.8) is 0 Å². The molecule has 0 aliphatic heterocycles. The van der Waals surface area contributed by atoms with E-state index in [1.807, 2.05) is 31.2 Å². The molecule has 110 valence electrons. The van der Waals surface area contributed by atoms with Gasteiger partial charge in [0.25, 0.3) is 5.91 Å². The number of amides is 1. The highest BCUT2D eigenvalue weighted by Crippen LogP contribution is 2.30. The van der Waals surface area contributed by atoms with Crippen molar-refractivity contribution in [3.8, 4) is 0 Å². The number of benzene rings is 1. The number of rotatable bonds is 3. The summed E-state index contributed by atoms with van der Waals surface area (Å²) in [5.74, 6) is -0.123. The molecule has 3 rings (SSSR count). The topological polar surface area (TPSA) is 72.9 Å². The fourth-order valence-corrected chi connectivity index (χ4v) is 2.94. The smallest absolute Gasteiger partial charge is 0.270 e. The van der Waals surface area contributed by atoms with Crippen molar-refractivity contribution in [3.05, 3.63) is 52.8 Å². The third kappa shape index (κ3) is 2.45. The van der Waals surface area contributed by atoms with Crippen molar-refractivity contribution in [2.24, 2.45) is 12.8 Å². The summed E-state index contributed by atoms with van der Waals surface area (Å²) in [6.07, 6.45) is 1.61. The van der Waals surface area contributed by atoms with Gasteiger partial charge in [-0.2, -0.15) is 5.10 Å². The lowest BCUT2D eigenvalue weighted by Gasteiger charge is -2.18.